The molecule has 45 heavy (non-hydrogen) atoms. The third kappa shape index (κ3) is 6.58. The molecule has 6 rings (SSSR count). The minimum absolute atomic E-state index is 0.150. The highest BCUT2D eigenvalue weighted by Gasteiger charge is 2.30. The molecular weight excluding hydrogens is 619 g/mol. The first-order valence-corrected chi connectivity index (χ1v) is 16.6. The normalized spacial score (nSPS) is 13.5. The van der Waals surface area contributed by atoms with Crippen molar-refractivity contribution in [3.8, 4) is 33.3 Å². The lowest BCUT2D eigenvalue weighted by molar-refractivity contribution is 0.0520. The van der Waals surface area contributed by atoms with E-state index in [2.05, 4.69) is 4.98 Å². The van der Waals surface area contributed by atoms with E-state index < -0.39 is 28.6 Å². The molecule has 0 bridgehead atoms. The number of esters is 1. The Morgan fingerprint density at radius 2 is 1.91 bits per heavy atom. The predicted molar refractivity (Wildman–Crippen MR) is 170 cm³/mol. The second-order valence-electron chi connectivity index (χ2n) is 10.8. The summed E-state index contributed by atoms with van der Waals surface area (Å²) in [5.74, 6) is -0.473. The van der Waals surface area contributed by atoms with Crippen molar-refractivity contribution < 1.29 is 27.3 Å². The summed E-state index contributed by atoms with van der Waals surface area (Å²) in [6.07, 6.45) is 2.96. The fourth-order valence-electron chi connectivity index (χ4n) is 5.23. The number of methoxy groups -OCH3 is 1. The third-order valence-electron chi connectivity index (χ3n) is 7.68. The highest BCUT2D eigenvalue weighted by molar-refractivity contribution is 7.82. The van der Waals surface area contributed by atoms with Gasteiger partial charge in [-0.05, 0) is 79.6 Å². The molecule has 1 fully saturated rings. The summed E-state index contributed by atoms with van der Waals surface area (Å²) in [6.45, 7) is 1.93. The molecule has 1 saturated carbocycles. The standard InChI is InChI=1S/C33H30F2N4O4S2/c1-3-43-32(40)30-18-44-33(37-30)39-31(22-10-12-27(34)25(16-22)20-5-4-6-23(14-20)42-2)26(29(38-39)13-19-7-8-19)15-21-9-11-24(45(36)41)17-28(21)35/h4-6,9-12,14,16-19H,3,7-8,13,15H2,1-2H3,(H2,36,41)/p+1. The van der Waals surface area contributed by atoms with Crippen LogP contribution in [0.1, 0.15) is 47.1 Å². The summed E-state index contributed by atoms with van der Waals surface area (Å²) in [5.41, 5.74) is 4.25. The number of rotatable bonds is 11. The average molecular weight is 650 g/mol. The number of halogens is 2. The minimum Gasteiger partial charge on any atom is -0.497 e. The minimum atomic E-state index is -2.20. The van der Waals surface area contributed by atoms with Gasteiger partial charge >= 0.3 is 5.97 Å². The van der Waals surface area contributed by atoms with Gasteiger partial charge in [-0.1, -0.05) is 22.4 Å². The second-order valence-corrected chi connectivity index (χ2v) is 12.8. The number of nitrogens with zero attached hydrogens (tertiary/aromatic N) is 3. The fourth-order valence-corrected chi connectivity index (χ4v) is 6.44. The van der Waals surface area contributed by atoms with Crippen LogP contribution in [-0.2, 0) is 32.8 Å². The quantitative estimate of drug-likeness (QED) is 0.0982. The highest BCUT2D eigenvalue weighted by atomic mass is 32.2. The van der Waals surface area contributed by atoms with Gasteiger partial charge in [0.2, 0.25) is 5.13 Å². The van der Waals surface area contributed by atoms with E-state index in [0.29, 0.717) is 51.2 Å². The molecule has 0 aliphatic heterocycles. The molecule has 1 aliphatic carbocycles. The van der Waals surface area contributed by atoms with Gasteiger partial charge in [-0.25, -0.2) is 23.2 Å². The number of benzene rings is 3. The van der Waals surface area contributed by atoms with Crippen LogP contribution in [0.5, 0.6) is 5.75 Å². The third-order valence-corrected chi connectivity index (χ3v) is 9.29. The van der Waals surface area contributed by atoms with Crippen molar-refractivity contribution >= 4 is 28.3 Å². The maximum Gasteiger partial charge on any atom is 0.357 e. The van der Waals surface area contributed by atoms with Crippen LogP contribution in [0.3, 0.4) is 0 Å². The number of carbonyl (C=O) groups is 1. The summed E-state index contributed by atoms with van der Waals surface area (Å²) in [5, 5.41) is 12.5. The smallest absolute Gasteiger partial charge is 0.357 e. The van der Waals surface area contributed by atoms with Gasteiger partial charge in [0.15, 0.2) is 21.6 Å². The zero-order valence-corrected chi connectivity index (χ0v) is 26.3. The topological polar surface area (TPSA) is 109 Å². The second kappa shape index (κ2) is 13.0. The molecule has 2 N–H and O–H groups in total. The molecule has 1 unspecified atom stereocenters. The van der Waals surface area contributed by atoms with Crippen LogP contribution in [0, 0.1) is 17.6 Å². The Morgan fingerprint density at radius 3 is 2.62 bits per heavy atom. The zero-order valence-electron chi connectivity index (χ0n) is 24.6. The molecule has 0 saturated heterocycles. The monoisotopic (exact) mass is 649 g/mol. The number of aromatic nitrogens is 3. The van der Waals surface area contributed by atoms with Crippen LogP contribution in [0.4, 0.5) is 8.78 Å². The summed E-state index contributed by atoms with van der Waals surface area (Å²) >= 11 is 1.22. The van der Waals surface area contributed by atoms with E-state index in [-0.39, 0.29) is 23.6 Å². The Balaban J connectivity index is 1.55. The summed E-state index contributed by atoms with van der Waals surface area (Å²) in [4.78, 5) is 17.2. The lowest BCUT2D eigenvalue weighted by Crippen LogP contribution is -2.06. The van der Waals surface area contributed by atoms with Gasteiger partial charge in [-0.3, -0.25) is 0 Å². The first kappa shape index (κ1) is 30.8. The number of ether oxygens (including phenoxy) is 2. The highest BCUT2D eigenvalue weighted by Crippen LogP contribution is 2.39. The summed E-state index contributed by atoms with van der Waals surface area (Å²) in [6, 6.07) is 16.3. The van der Waals surface area contributed by atoms with Crippen molar-refractivity contribution in [2.45, 2.75) is 37.5 Å². The number of carbonyl (C=O) groups excluding carboxylic acids is 1. The number of hydrogen-bond acceptors (Lipinski definition) is 7. The van der Waals surface area contributed by atoms with E-state index in [4.69, 9.17) is 19.7 Å². The van der Waals surface area contributed by atoms with Crippen molar-refractivity contribution in [2.24, 2.45) is 11.1 Å². The van der Waals surface area contributed by atoms with E-state index in [9.17, 15) is 9.00 Å². The maximum absolute atomic E-state index is 15.4. The van der Waals surface area contributed by atoms with Crippen LogP contribution >= 0.6 is 11.3 Å². The van der Waals surface area contributed by atoms with E-state index >= 15 is 8.78 Å². The largest absolute Gasteiger partial charge is 0.497 e. The molecule has 12 heteroatoms. The maximum atomic E-state index is 15.4. The van der Waals surface area contributed by atoms with Gasteiger partial charge in [-0.2, -0.15) is 5.10 Å². The first-order valence-electron chi connectivity index (χ1n) is 14.4. The van der Waals surface area contributed by atoms with Gasteiger partial charge in [0.25, 0.3) is 0 Å². The van der Waals surface area contributed by atoms with Gasteiger partial charge in [-0.15, -0.1) is 16.5 Å². The molecule has 5 aromatic rings. The Kier molecular flexibility index (Phi) is 8.88. The lowest BCUT2D eigenvalue weighted by Gasteiger charge is -2.13. The summed E-state index contributed by atoms with van der Waals surface area (Å²) in [7, 11) is -0.646. The van der Waals surface area contributed by atoms with Crippen LogP contribution in [0.2, 0.25) is 0 Å². The number of thiazole rings is 1. The van der Waals surface area contributed by atoms with Crippen LogP contribution in [0.15, 0.2) is 70.9 Å². The number of thiol groups is 1. The van der Waals surface area contributed by atoms with Gasteiger partial charge < -0.3 is 9.47 Å². The van der Waals surface area contributed by atoms with Crippen molar-refractivity contribution in [3.05, 3.63) is 100 Å². The van der Waals surface area contributed by atoms with Crippen LogP contribution in [-0.4, -0.2) is 34.5 Å². The van der Waals surface area contributed by atoms with Gasteiger partial charge in [0, 0.05) is 34.6 Å². The summed E-state index contributed by atoms with van der Waals surface area (Å²) < 4.78 is 54.8. The Hall–Kier alpha value is -4.26. The molecule has 1 atom stereocenters. The molecule has 0 spiro atoms. The predicted octanol–water partition coefficient (Wildman–Crippen LogP) is 6.60. The molecular formula is C33H31F2N4O4S2+. The van der Waals surface area contributed by atoms with Crippen molar-refractivity contribution in [2.75, 3.05) is 13.7 Å². The molecule has 0 amide bonds. The van der Waals surface area contributed by atoms with E-state index in [1.807, 2.05) is 0 Å². The fraction of sp³-hybridized carbons (Fsp3) is 0.242. The van der Waals surface area contributed by atoms with Crippen molar-refractivity contribution in [3.63, 3.8) is 0 Å². The molecule has 3 aromatic carbocycles. The van der Waals surface area contributed by atoms with E-state index in [1.165, 1.54) is 23.5 Å². The molecule has 8 nitrogen and oxygen atoms in total. The Morgan fingerprint density at radius 1 is 1.09 bits per heavy atom. The van der Waals surface area contributed by atoms with Gasteiger partial charge in [0.1, 0.15) is 17.4 Å². The van der Waals surface area contributed by atoms with E-state index in [1.54, 1.807) is 72.6 Å². The SMILES string of the molecule is CCOC(=O)c1csc(-n2nc(CC3CC3)c(Cc3ccc([SH+](N)=O)cc3F)c2-c2ccc(F)c(-c3cccc(OC)c3)c2)n1. The first-order chi connectivity index (χ1) is 21.7. The molecule has 2 aromatic heterocycles. The van der Waals surface area contributed by atoms with Crippen LogP contribution < -0.4 is 9.88 Å². The lowest BCUT2D eigenvalue weighted by atomic mass is 9.94. The Labute approximate surface area is 265 Å². The van der Waals surface area contributed by atoms with Crippen LogP contribution in [0.25, 0.3) is 27.5 Å². The number of hydrogen-bond donors (Lipinski definition) is 1. The van der Waals surface area contributed by atoms with Gasteiger partial charge in [0.05, 0.1) is 25.1 Å². The Bertz CT molecular complexity index is 1920. The zero-order chi connectivity index (χ0) is 31.7. The van der Waals surface area contributed by atoms with Crippen molar-refractivity contribution in [1.82, 2.24) is 14.8 Å². The number of nitrogens with two attached hydrogens (primary N) is 1. The van der Waals surface area contributed by atoms with Crippen molar-refractivity contribution in [1.29, 1.82) is 0 Å². The van der Waals surface area contributed by atoms with E-state index in [0.717, 1.165) is 24.1 Å². The molecule has 2 heterocycles. The molecule has 0 radical (unpaired) electrons. The average Bonchev–Trinajstić information content (AvgIpc) is 3.59. The molecule has 1 aliphatic rings. The molecule has 232 valence electrons.